The second-order valence-electron chi connectivity index (χ2n) is 3.16. The van der Waals surface area contributed by atoms with Crippen LogP contribution in [0.4, 0.5) is 0 Å². The van der Waals surface area contributed by atoms with Crippen LogP contribution in [0.1, 0.15) is 19.3 Å². The zero-order chi connectivity index (χ0) is 6.86. The molecule has 2 heteroatoms. The average Bonchev–Trinajstić information content (AvgIpc) is 2.39. The van der Waals surface area contributed by atoms with E-state index < -0.39 is 0 Å². The van der Waals surface area contributed by atoms with Crippen LogP contribution in [0.2, 0.25) is 0 Å². The van der Waals surface area contributed by atoms with Crippen LogP contribution in [-0.4, -0.2) is 25.3 Å². The van der Waals surface area contributed by atoms with E-state index in [1.807, 2.05) is 0 Å². The Bertz CT molecular complexity index is 110. The molecule has 2 saturated heterocycles. The summed E-state index contributed by atoms with van der Waals surface area (Å²) in [6, 6.07) is 0. The molecule has 1 N–H and O–H groups in total. The highest BCUT2D eigenvalue weighted by Crippen LogP contribution is 2.32. The van der Waals surface area contributed by atoms with Crippen molar-refractivity contribution in [2.24, 2.45) is 0 Å². The van der Waals surface area contributed by atoms with Gasteiger partial charge in [-0.2, -0.15) is 0 Å². The molecule has 0 unspecified atom stereocenters. The van der Waals surface area contributed by atoms with E-state index >= 15 is 0 Å². The molecule has 57 valence electrons. The summed E-state index contributed by atoms with van der Waals surface area (Å²) in [5, 5.41) is 3.34. The minimum absolute atomic E-state index is 0.186. The van der Waals surface area contributed by atoms with Crippen molar-refractivity contribution in [3.63, 3.8) is 0 Å². The van der Waals surface area contributed by atoms with Crippen LogP contribution in [0.5, 0.6) is 0 Å². The molecule has 10 heavy (non-hydrogen) atoms. The Morgan fingerprint density at radius 2 is 2.10 bits per heavy atom. The second-order valence-corrected chi connectivity index (χ2v) is 3.16. The van der Waals surface area contributed by atoms with Gasteiger partial charge in [0.15, 0.2) is 0 Å². The molecule has 0 aliphatic carbocycles. The highest BCUT2D eigenvalue weighted by atomic mass is 16.5. The van der Waals surface area contributed by atoms with Crippen LogP contribution in [-0.2, 0) is 4.74 Å². The maximum Gasteiger partial charge on any atom is 0.0739 e. The molecule has 2 aliphatic heterocycles. The van der Waals surface area contributed by atoms with Crippen LogP contribution in [0.25, 0.3) is 0 Å². The summed E-state index contributed by atoms with van der Waals surface area (Å²) in [4.78, 5) is 0. The molecule has 1 radical (unpaired) electrons. The SMILES string of the molecule is [CH]1CCOC12CCNCC2. The molecule has 2 aliphatic rings. The quantitative estimate of drug-likeness (QED) is 0.535. The third-order valence-electron chi connectivity index (χ3n) is 2.47. The number of nitrogens with one attached hydrogen (secondary N) is 1. The van der Waals surface area contributed by atoms with Crippen molar-refractivity contribution < 1.29 is 4.74 Å². The van der Waals surface area contributed by atoms with Crippen LogP contribution in [0, 0.1) is 6.42 Å². The normalized spacial score (nSPS) is 31.2. The number of hydrogen-bond donors (Lipinski definition) is 1. The van der Waals surface area contributed by atoms with Gasteiger partial charge in [0.25, 0.3) is 0 Å². The Kier molecular flexibility index (Phi) is 1.66. The molecule has 0 atom stereocenters. The van der Waals surface area contributed by atoms with E-state index in [2.05, 4.69) is 11.7 Å². The molecule has 0 aromatic heterocycles. The fourth-order valence-electron chi connectivity index (χ4n) is 1.84. The monoisotopic (exact) mass is 140 g/mol. The number of rotatable bonds is 0. The molecule has 0 aromatic carbocycles. The minimum Gasteiger partial charge on any atom is -0.375 e. The van der Waals surface area contributed by atoms with E-state index in [0.29, 0.717) is 0 Å². The summed E-state index contributed by atoms with van der Waals surface area (Å²) in [5.41, 5.74) is 0.186. The molecule has 2 rings (SSSR count). The molecule has 2 nitrogen and oxygen atoms in total. The van der Waals surface area contributed by atoms with Gasteiger partial charge in [0.1, 0.15) is 0 Å². The lowest BCUT2D eigenvalue weighted by Crippen LogP contribution is -2.41. The van der Waals surface area contributed by atoms with Crippen molar-refractivity contribution in [1.29, 1.82) is 0 Å². The first-order chi connectivity index (χ1) is 4.91. The van der Waals surface area contributed by atoms with Gasteiger partial charge in [0.05, 0.1) is 5.60 Å². The topological polar surface area (TPSA) is 21.3 Å². The van der Waals surface area contributed by atoms with E-state index in [1.54, 1.807) is 0 Å². The second kappa shape index (κ2) is 2.51. The van der Waals surface area contributed by atoms with Gasteiger partial charge in [-0.25, -0.2) is 0 Å². The minimum atomic E-state index is 0.186. The Hall–Kier alpha value is -0.0800. The summed E-state index contributed by atoms with van der Waals surface area (Å²) in [6.45, 7) is 3.19. The zero-order valence-corrected chi connectivity index (χ0v) is 6.23. The highest BCUT2D eigenvalue weighted by Gasteiger charge is 2.36. The van der Waals surface area contributed by atoms with Gasteiger partial charge in [-0.3, -0.25) is 0 Å². The molecule has 0 bridgehead atoms. The molecule has 0 amide bonds. The molecule has 0 saturated carbocycles. The zero-order valence-electron chi connectivity index (χ0n) is 6.23. The number of ether oxygens (including phenoxy) is 1. The lowest BCUT2D eigenvalue weighted by atomic mass is 9.90. The standard InChI is InChI=1S/C8H14NO/c1-2-8(10-7-1)3-5-9-6-4-8/h2,9H,1,3-7H2. The fourth-order valence-corrected chi connectivity index (χ4v) is 1.84. The van der Waals surface area contributed by atoms with Crippen molar-refractivity contribution in [1.82, 2.24) is 5.32 Å². The Morgan fingerprint density at radius 1 is 1.30 bits per heavy atom. The van der Waals surface area contributed by atoms with Crippen molar-refractivity contribution in [2.75, 3.05) is 19.7 Å². The molecule has 1 spiro atoms. The summed E-state index contributed by atoms with van der Waals surface area (Å²) >= 11 is 0. The van der Waals surface area contributed by atoms with Gasteiger partial charge in [-0.15, -0.1) is 0 Å². The van der Waals surface area contributed by atoms with E-state index in [0.717, 1.165) is 26.1 Å². The van der Waals surface area contributed by atoms with Crippen molar-refractivity contribution in [3.05, 3.63) is 6.42 Å². The van der Waals surface area contributed by atoms with E-state index in [1.165, 1.54) is 12.8 Å². The first-order valence-corrected chi connectivity index (χ1v) is 4.10. The maximum atomic E-state index is 5.69. The Balaban J connectivity index is 1.98. The van der Waals surface area contributed by atoms with Crippen molar-refractivity contribution in [2.45, 2.75) is 24.9 Å². The van der Waals surface area contributed by atoms with E-state index in [9.17, 15) is 0 Å². The smallest absolute Gasteiger partial charge is 0.0739 e. The number of piperidine rings is 1. The van der Waals surface area contributed by atoms with Crippen molar-refractivity contribution >= 4 is 0 Å². The first kappa shape index (κ1) is 6.62. The predicted molar refractivity (Wildman–Crippen MR) is 39.7 cm³/mol. The lowest BCUT2D eigenvalue weighted by Gasteiger charge is -2.32. The maximum absolute atomic E-state index is 5.69. The summed E-state index contributed by atoms with van der Waals surface area (Å²) in [7, 11) is 0. The Morgan fingerprint density at radius 3 is 2.70 bits per heavy atom. The lowest BCUT2D eigenvalue weighted by molar-refractivity contribution is -0.000693. The van der Waals surface area contributed by atoms with Gasteiger partial charge in [0.2, 0.25) is 0 Å². The van der Waals surface area contributed by atoms with Crippen LogP contribution >= 0.6 is 0 Å². The van der Waals surface area contributed by atoms with Crippen LogP contribution in [0.15, 0.2) is 0 Å². The van der Waals surface area contributed by atoms with Crippen LogP contribution in [0.3, 0.4) is 0 Å². The summed E-state index contributed by atoms with van der Waals surface area (Å²) in [5.74, 6) is 0. The summed E-state index contributed by atoms with van der Waals surface area (Å²) in [6.07, 6.45) is 5.86. The third-order valence-corrected chi connectivity index (χ3v) is 2.47. The molecule has 2 fully saturated rings. The largest absolute Gasteiger partial charge is 0.375 e. The molecule has 2 heterocycles. The molecule has 0 aromatic rings. The van der Waals surface area contributed by atoms with E-state index in [4.69, 9.17) is 4.74 Å². The van der Waals surface area contributed by atoms with Gasteiger partial charge in [-0.1, -0.05) is 0 Å². The van der Waals surface area contributed by atoms with Gasteiger partial charge < -0.3 is 10.1 Å². The van der Waals surface area contributed by atoms with Gasteiger partial charge in [-0.05, 0) is 38.8 Å². The predicted octanol–water partition coefficient (Wildman–Crippen LogP) is 0.733. The Labute approximate surface area is 61.9 Å². The molecular formula is C8H14NO. The van der Waals surface area contributed by atoms with Crippen LogP contribution < -0.4 is 5.32 Å². The molecular weight excluding hydrogens is 126 g/mol. The summed E-state index contributed by atoms with van der Waals surface area (Å²) < 4.78 is 5.69. The average molecular weight is 140 g/mol. The fraction of sp³-hybridized carbons (Fsp3) is 0.875. The van der Waals surface area contributed by atoms with Gasteiger partial charge in [0, 0.05) is 6.61 Å². The third kappa shape index (κ3) is 1.06. The van der Waals surface area contributed by atoms with Gasteiger partial charge >= 0.3 is 0 Å². The first-order valence-electron chi connectivity index (χ1n) is 4.10. The number of hydrogen-bond acceptors (Lipinski definition) is 2. The highest BCUT2D eigenvalue weighted by molar-refractivity contribution is 5.01. The van der Waals surface area contributed by atoms with E-state index in [-0.39, 0.29) is 5.60 Å². The van der Waals surface area contributed by atoms with Crippen molar-refractivity contribution in [3.8, 4) is 0 Å².